The van der Waals surface area contributed by atoms with Crippen LogP contribution in [0.5, 0.6) is 0 Å². The summed E-state index contributed by atoms with van der Waals surface area (Å²) >= 11 is 1.77. The lowest BCUT2D eigenvalue weighted by molar-refractivity contribution is 0.0627. The fraction of sp³-hybridized carbons (Fsp3) is 0.500. The smallest absolute Gasteiger partial charge is 0.255 e. The van der Waals surface area contributed by atoms with Crippen molar-refractivity contribution in [1.29, 1.82) is 0 Å². The van der Waals surface area contributed by atoms with Crippen LogP contribution in [0.25, 0.3) is 0 Å². The molecule has 0 spiro atoms. The highest BCUT2D eigenvalue weighted by Crippen LogP contribution is 2.16. The van der Waals surface area contributed by atoms with Crippen LogP contribution in [-0.4, -0.2) is 51.9 Å². The molecule has 6 heteroatoms. The lowest BCUT2D eigenvalue weighted by Crippen LogP contribution is -2.48. The summed E-state index contributed by atoms with van der Waals surface area (Å²) in [4.78, 5) is 25.5. The average Bonchev–Trinajstić information content (AvgIpc) is 3.08. The molecule has 0 aliphatic carbocycles. The molecule has 1 fully saturated rings. The Morgan fingerprint density at radius 1 is 1.29 bits per heavy atom. The molecule has 1 saturated heterocycles. The molecule has 0 N–H and O–H groups in total. The van der Waals surface area contributed by atoms with Gasteiger partial charge in [0.15, 0.2) is 0 Å². The Kier molecular flexibility index (Phi) is 5.93. The van der Waals surface area contributed by atoms with Crippen LogP contribution >= 0.6 is 11.3 Å². The monoisotopic (exact) mass is 344 g/mol. The Bertz CT molecular complexity index is 650. The van der Waals surface area contributed by atoms with Crippen molar-refractivity contribution >= 4 is 17.2 Å². The number of carbonyl (C=O) groups excluding carboxylic acids is 1. The molecule has 24 heavy (non-hydrogen) atoms. The number of pyridine rings is 1. The van der Waals surface area contributed by atoms with E-state index >= 15 is 0 Å². The summed E-state index contributed by atoms with van der Waals surface area (Å²) in [5.41, 5.74) is 1.84. The van der Waals surface area contributed by atoms with E-state index in [-0.39, 0.29) is 5.91 Å². The van der Waals surface area contributed by atoms with Gasteiger partial charge in [0.25, 0.3) is 5.91 Å². The van der Waals surface area contributed by atoms with Gasteiger partial charge in [0.1, 0.15) is 0 Å². The quantitative estimate of drug-likeness (QED) is 0.808. The summed E-state index contributed by atoms with van der Waals surface area (Å²) < 4.78 is 0. The van der Waals surface area contributed by atoms with Crippen LogP contribution in [0, 0.1) is 0 Å². The number of aryl methyl sites for hydroxylation is 1. The van der Waals surface area contributed by atoms with Gasteiger partial charge in [0.05, 0.1) is 16.3 Å². The molecule has 3 heterocycles. The predicted molar refractivity (Wildman–Crippen MR) is 96.1 cm³/mol. The summed E-state index contributed by atoms with van der Waals surface area (Å²) in [7, 11) is 0. The molecule has 0 bridgehead atoms. The number of rotatable bonds is 6. The Labute approximate surface area is 147 Å². The van der Waals surface area contributed by atoms with Crippen LogP contribution in [0.3, 0.4) is 0 Å². The summed E-state index contributed by atoms with van der Waals surface area (Å²) in [5.74, 6) is 0.0817. The number of aromatic nitrogens is 2. The van der Waals surface area contributed by atoms with E-state index in [1.807, 2.05) is 17.0 Å². The largest absolute Gasteiger partial charge is 0.336 e. The molecule has 0 aromatic carbocycles. The third-order valence-corrected chi connectivity index (χ3v) is 5.25. The maximum absolute atomic E-state index is 12.4. The summed E-state index contributed by atoms with van der Waals surface area (Å²) in [6.45, 7) is 6.42. The van der Waals surface area contributed by atoms with Crippen molar-refractivity contribution in [3.8, 4) is 0 Å². The predicted octanol–water partition coefficient (Wildman–Crippen LogP) is 2.84. The van der Waals surface area contributed by atoms with Crippen molar-refractivity contribution in [2.24, 2.45) is 0 Å². The van der Waals surface area contributed by atoms with Gasteiger partial charge in [-0.15, -0.1) is 11.3 Å². The first kappa shape index (κ1) is 17.0. The molecular weight excluding hydrogens is 320 g/mol. The number of hydrogen-bond donors (Lipinski definition) is 0. The summed E-state index contributed by atoms with van der Waals surface area (Å²) in [5, 5.41) is 3.43. The van der Waals surface area contributed by atoms with E-state index in [0.717, 1.165) is 44.8 Å². The molecule has 0 saturated carbocycles. The Hall–Kier alpha value is -1.79. The first-order valence-electron chi connectivity index (χ1n) is 8.61. The van der Waals surface area contributed by atoms with E-state index < -0.39 is 0 Å². The standard InChI is InChI=1S/C18H24N4OS/c1-2-3-6-17-20-16(14-24-17)13-21-8-10-22(11-9-21)18(23)15-5-4-7-19-12-15/h4-5,7,12,14H,2-3,6,8-11,13H2,1H3. The van der Waals surface area contributed by atoms with Crippen molar-refractivity contribution in [3.05, 3.63) is 46.2 Å². The maximum atomic E-state index is 12.4. The third kappa shape index (κ3) is 4.39. The highest BCUT2D eigenvalue weighted by molar-refractivity contribution is 7.09. The molecule has 2 aromatic rings. The highest BCUT2D eigenvalue weighted by Gasteiger charge is 2.22. The van der Waals surface area contributed by atoms with E-state index in [1.54, 1.807) is 23.7 Å². The van der Waals surface area contributed by atoms with Crippen molar-refractivity contribution in [2.45, 2.75) is 32.7 Å². The van der Waals surface area contributed by atoms with Crippen molar-refractivity contribution in [2.75, 3.05) is 26.2 Å². The zero-order chi connectivity index (χ0) is 16.8. The van der Waals surface area contributed by atoms with Crippen LogP contribution in [0.1, 0.15) is 40.8 Å². The van der Waals surface area contributed by atoms with Crippen LogP contribution in [-0.2, 0) is 13.0 Å². The number of amides is 1. The van der Waals surface area contributed by atoms with Crippen LogP contribution in [0.15, 0.2) is 29.9 Å². The molecule has 1 amide bonds. The molecule has 1 aliphatic heterocycles. The number of thiazole rings is 1. The lowest BCUT2D eigenvalue weighted by Gasteiger charge is -2.34. The van der Waals surface area contributed by atoms with Crippen LogP contribution < -0.4 is 0 Å². The van der Waals surface area contributed by atoms with Crippen LogP contribution in [0.2, 0.25) is 0 Å². The Morgan fingerprint density at radius 2 is 2.12 bits per heavy atom. The number of nitrogens with zero attached hydrogens (tertiary/aromatic N) is 4. The lowest BCUT2D eigenvalue weighted by atomic mass is 10.2. The fourth-order valence-electron chi connectivity index (χ4n) is 2.87. The van der Waals surface area contributed by atoms with Crippen molar-refractivity contribution in [3.63, 3.8) is 0 Å². The van der Waals surface area contributed by atoms with Gasteiger partial charge in [-0.2, -0.15) is 0 Å². The van der Waals surface area contributed by atoms with Gasteiger partial charge in [0.2, 0.25) is 0 Å². The third-order valence-electron chi connectivity index (χ3n) is 4.30. The van der Waals surface area contributed by atoms with E-state index in [0.29, 0.717) is 5.56 Å². The number of piperazine rings is 1. The second kappa shape index (κ2) is 8.35. The van der Waals surface area contributed by atoms with Gasteiger partial charge >= 0.3 is 0 Å². The zero-order valence-corrected chi connectivity index (χ0v) is 15.0. The fourth-order valence-corrected chi connectivity index (χ4v) is 3.71. The summed E-state index contributed by atoms with van der Waals surface area (Å²) in [6.07, 6.45) is 6.84. The van der Waals surface area contributed by atoms with Crippen molar-refractivity contribution in [1.82, 2.24) is 19.8 Å². The maximum Gasteiger partial charge on any atom is 0.255 e. The highest BCUT2D eigenvalue weighted by atomic mass is 32.1. The molecular formula is C18H24N4OS. The van der Waals surface area contributed by atoms with E-state index in [9.17, 15) is 4.79 Å². The first-order valence-corrected chi connectivity index (χ1v) is 9.49. The summed E-state index contributed by atoms with van der Waals surface area (Å²) in [6, 6.07) is 3.64. The van der Waals surface area contributed by atoms with Crippen LogP contribution in [0.4, 0.5) is 0 Å². The van der Waals surface area contributed by atoms with Crippen molar-refractivity contribution < 1.29 is 4.79 Å². The molecule has 2 aromatic heterocycles. The second-order valence-electron chi connectivity index (χ2n) is 6.15. The van der Waals surface area contributed by atoms with Gasteiger partial charge in [-0.3, -0.25) is 14.7 Å². The molecule has 128 valence electrons. The normalized spacial score (nSPS) is 15.6. The topological polar surface area (TPSA) is 49.3 Å². The molecule has 0 radical (unpaired) electrons. The van der Waals surface area contributed by atoms with Gasteiger partial charge in [-0.05, 0) is 25.0 Å². The zero-order valence-electron chi connectivity index (χ0n) is 14.1. The molecule has 1 aliphatic rings. The number of unbranched alkanes of at least 4 members (excludes halogenated alkanes) is 1. The minimum absolute atomic E-state index is 0.0817. The molecule has 3 rings (SSSR count). The average molecular weight is 344 g/mol. The molecule has 0 atom stereocenters. The minimum Gasteiger partial charge on any atom is -0.336 e. The van der Waals surface area contributed by atoms with Gasteiger partial charge in [-0.1, -0.05) is 13.3 Å². The van der Waals surface area contributed by atoms with Gasteiger partial charge in [-0.25, -0.2) is 4.98 Å². The second-order valence-corrected chi connectivity index (χ2v) is 7.09. The van der Waals surface area contributed by atoms with Gasteiger partial charge in [0, 0.05) is 50.5 Å². The molecule has 0 unspecified atom stereocenters. The van der Waals surface area contributed by atoms with E-state index in [4.69, 9.17) is 4.98 Å². The van der Waals surface area contributed by atoms with E-state index in [2.05, 4.69) is 22.2 Å². The number of carbonyl (C=O) groups is 1. The van der Waals surface area contributed by atoms with E-state index in [1.165, 1.54) is 17.8 Å². The Morgan fingerprint density at radius 3 is 2.83 bits per heavy atom. The minimum atomic E-state index is 0.0817. The molecule has 5 nitrogen and oxygen atoms in total. The first-order chi connectivity index (χ1) is 11.8. The SMILES string of the molecule is CCCCc1nc(CN2CCN(C(=O)c3cccnc3)CC2)cs1. The van der Waals surface area contributed by atoms with Gasteiger partial charge < -0.3 is 4.90 Å². The number of hydrogen-bond acceptors (Lipinski definition) is 5. The Balaban J connectivity index is 1.48.